The lowest BCUT2D eigenvalue weighted by atomic mass is 9.82. The Morgan fingerprint density at radius 3 is 2.20 bits per heavy atom. The van der Waals surface area contributed by atoms with Crippen LogP contribution in [0.3, 0.4) is 0 Å². The second-order valence-electron chi connectivity index (χ2n) is 11.3. The van der Waals surface area contributed by atoms with Crippen LogP contribution < -0.4 is 0 Å². The zero-order valence-electron chi connectivity index (χ0n) is 24.0. The van der Waals surface area contributed by atoms with Crippen molar-refractivity contribution in [3.05, 3.63) is 107 Å². The van der Waals surface area contributed by atoms with Crippen molar-refractivity contribution in [3.63, 3.8) is 0 Å². The molecule has 0 spiro atoms. The van der Waals surface area contributed by atoms with Crippen LogP contribution in [0.1, 0.15) is 88.7 Å². The first-order valence-electron chi connectivity index (χ1n) is 14.1. The fourth-order valence-corrected chi connectivity index (χ4v) is 5.19. The van der Waals surface area contributed by atoms with Crippen LogP contribution in [-0.2, 0) is 5.41 Å². The molecular weight excluding hydrogens is 502 g/mol. The van der Waals surface area contributed by atoms with E-state index >= 15 is 0 Å². The first-order valence-corrected chi connectivity index (χ1v) is 14.1. The van der Waals surface area contributed by atoms with Gasteiger partial charge in [0.25, 0.3) is 0 Å². The predicted molar refractivity (Wildman–Crippen MR) is 158 cm³/mol. The van der Waals surface area contributed by atoms with Gasteiger partial charge in [-0.05, 0) is 98.2 Å². The lowest BCUT2D eigenvalue weighted by Gasteiger charge is -2.23. The normalized spacial score (nSPS) is 13.5. The van der Waals surface area contributed by atoms with E-state index in [-0.39, 0.29) is 5.56 Å². The van der Waals surface area contributed by atoms with Crippen molar-refractivity contribution in [1.29, 1.82) is 0 Å². The molecule has 0 saturated carbocycles. The maximum Gasteiger partial charge on any atom is 0.224 e. The molecule has 0 aliphatic heterocycles. The summed E-state index contributed by atoms with van der Waals surface area (Å²) >= 11 is 0. The molecule has 2 unspecified atom stereocenters. The molecule has 206 valence electrons. The van der Waals surface area contributed by atoms with Crippen LogP contribution in [0.25, 0.3) is 27.8 Å². The number of hydrogen-bond acceptors (Lipinski definition) is 3. The molecule has 2 aromatic carbocycles. The van der Waals surface area contributed by atoms with E-state index in [4.69, 9.17) is 10.1 Å². The molecule has 5 rings (SSSR count). The molecule has 0 aliphatic rings. The highest BCUT2D eigenvalue weighted by atomic mass is 19.1. The van der Waals surface area contributed by atoms with Gasteiger partial charge in [-0.3, -0.25) is 4.98 Å². The van der Waals surface area contributed by atoms with Gasteiger partial charge in [-0.2, -0.15) is 18.9 Å². The van der Waals surface area contributed by atoms with Crippen molar-refractivity contribution in [3.8, 4) is 16.9 Å². The Kier molecular flexibility index (Phi) is 7.54. The van der Waals surface area contributed by atoms with Gasteiger partial charge in [-0.25, -0.2) is 4.68 Å². The van der Waals surface area contributed by atoms with Gasteiger partial charge in [-0.15, -0.1) is 0 Å². The summed E-state index contributed by atoms with van der Waals surface area (Å²) in [4.78, 5) is 8.19. The maximum absolute atomic E-state index is 14.5. The van der Waals surface area contributed by atoms with Gasteiger partial charge in [0.2, 0.25) is 11.9 Å². The number of aromatic nitrogens is 4. The minimum Gasteiger partial charge on any atom is -0.252 e. The van der Waals surface area contributed by atoms with Gasteiger partial charge >= 0.3 is 0 Å². The molecular formula is C34H36F2N4. The SMILES string of the molecule is CCC(C)c1cccc(-n2nc(C(C)(C)c3cccc(-c4ccc(F)nc4F)n3)c3cc(C(C)CC)ccc32)c1. The molecule has 40 heavy (non-hydrogen) atoms. The third-order valence-corrected chi connectivity index (χ3v) is 8.25. The summed E-state index contributed by atoms with van der Waals surface area (Å²) in [6.45, 7) is 13.1. The molecule has 2 atom stereocenters. The van der Waals surface area contributed by atoms with Crippen molar-refractivity contribution in [2.75, 3.05) is 0 Å². The number of hydrogen-bond donors (Lipinski definition) is 0. The van der Waals surface area contributed by atoms with Crippen LogP contribution >= 0.6 is 0 Å². The van der Waals surface area contributed by atoms with Crippen LogP contribution in [0.4, 0.5) is 8.78 Å². The fourth-order valence-electron chi connectivity index (χ4n) is 5.19. The summed E-state index contributed by atoms with van der Waals surface area (Å²) in [5.74, 6) is -0.878. The highest BCUT2D eigenvalue weighted by Crippen LogP contribution is 2.38. The van der Waals surface area contributed by atoms with Crippen molar-refractivity contribution < 1.29 is 8.78 Å². The van der Waals surface area contributed by atoms with E-state index in [9.17, 15) is 8.78 Å². The van der Waals surface area contributed by atoms with Crippen LogP contribution in [0.15, 0.2) is 72.8 Å². The zero-order valence-corrected chi connectivity index (χ0v) is 24.0. The van der Waals surface area contributed by atoms with Crippen molar-refractivity contribution in [2.45, 2.75) is 71.6 Å². The van der Waals surface area contributed by atoms with Crippen molar-refractivity contribution in [2.24, 2.45) is 0 Å². The molecule has 0 bridgehead atoms. The van der Waals surface area contributed by atoms with Gasteiger partial charge in [0.05, 0.1) is 39.3 Å². The monoisotopic (exact) mass is 538 g/mol. The average molecular weight is 539 g/mol. The molecule has 0 fully saturated rings. The molecule has 0 N–H and O–H groups in total. The number of benzene rings is 2. The minimum atomic E-state index is -0.878. The second-order valence-corrected chi connectivity index (χ2v) is 11.3. The lowest BCUT2D eigenvalue weighted by molar-refractivity contribution is 0.514. The molecule has 0 saturated heterocycles. The lowest BCUT2D eigenvalue weighted by Crippen LogP contribution is -2.22. The summed E-state index contributed by atoms with van der Waals surface area (Å²) in [5.41, 5.74) is 6.17. The fraction of sp³-hybridized carbons (Fsp3) is 0.324. The summed E-state index contributed by atoms with van der Waals surface area (Å²) in [7, 11) is 0. The van der Waals surface area contributed by atoms with Crippen LogP contribution in [-0.4, -0.2) is 19.7 Å². The second kappa shape index (κ2) is 10.9. The summed E-state index contributed by atoms with van der Waals surface area (Å²) in [6, 6.07) is 23.3. The Bertz CT molecular complexity index is 1670. The van der Waals surface area contributed by atoms with E-state index in [1.165, 1.54) is 17.2 Å². The third kappa shape index (κ3) is 5.03. The quantitative estimate of drug-likeness (QED) is 0.185. The molecule has 3 heterocycles. The standard InChI is InChI=1S/C34H36F2N4/c1-7-21(3)23-11-9-12-25(19-23)40-29-17-15-24(22(4)8-2)20-27(29)32(39-40)34(5,6)30-14-10-13-28(37-30)26-16-18-31(35)38-33(26)36/h9-22H,7-8H2,1-6H3. The molecule has 3 aromatic heterocycles. The van der Waals surface area contributed by atoms with Crippen LogP contribution in [0.5, 0.6) is 0 Å². The Labute approximate surface area is 235 Å². The van der Waals surface area contributed by atoms with Crippen molar-refractivity contribution in [1.82, 2.24) is 19.7 Å². The molecule has 4 nitrogen and oxygen atoms in total. The zero-order chi connectivity index (χ0) is 28.6. The predicted octanol–water partition coefficient (Wildman–Crippen LogP) is 9.11. The van der Waals surface area contributed by atoms with E-state index < -0.39 is 17.3 Å². The van der Waals surface area contributed by atoms with Gasteiger partial charge < -0.3 is 0 Å². The van der Waals surface area contributed by atoms with E-state index in [1.54, 1.807) is 6.07 Å². The molecule has 5 aromatic rings. The Balaban J connectivity index is 1.70. The Hall–Kier alpha value is -3.93. The van der Waals surface area contributed by atoms with Gasteiger partial charge in [0, 0.05) is 5.39 Å². The van der Waals surface area contributed by atoms with E-state index in [2.05, 4.69) is 89.0 Å². The van der Waals surface area contributed by atoms with Crippen molar-refractivity contribution >= 4 is 10.9 Å². The first kappa shape index (κ1) is 27.6. The topological polar surface area (TPSA) is 43.6 Å². The first-order chi connectivity index (χ1) is 19.1. The summed E-state index contributed by atoms with van der Waals surface area (Å²) < 4.78 is 30.0. The van der Waals surface area contributed by atoms with Gasteiger partial charge in [0.15, 0.2) is 0 Å². The van der Waals surface area contributed by atoms with Gasteiger partial charge in [0.1, 0.15) is 0 Å². The van der Waals surface area contributed by atoms with E-state index in [0.717, 1.165) is 46.9 Å². The number of pyridine rings is 2. The number of nitrogens with zero attached hydrogens (tertiary/aromatic N) is 4. The van der Waals surface area contributed by atoms with Crippen LogP contribution in [0.2, 0.25) is 0 Å². The number of rotatable bonds is 8. The Morgan fingerprint density at radius 1 is 0.800 bits per heavy atom. The highest BCUT2D eigenvalue weighted by Gasteiger charge is 2.32. The average Bonchev–Trinajstić information content (AvgIpc) is 3.36. The molecule has 0 aliphatic carbocycles. The Morgan fingerprint density at radius 2 is 1.50 bits per heavy atom. The van der Waals surface area contributed by atoms with E-state index in [0.29, 0.717) is 17.5 Å². The molecule has 6 heteroatoms. The molecule has 0 radical (unpaired) electrons. The van der Waals surface area contributed by atoms with E-state index in [1.807, 2.05) is 16.8 Å². The smallest absolute Gasteiger partial charge is 0.224 e. The van der Waals surface area contributed by atoms with Gasteiger partial charge in [-0.1, -0.05) is 52.0 Å². The number of fused-ring (bicyclic) bond motifs is 1. The minimum absolute atomic E-state index is 0.162. The van der Waals surface area contributed by atoms with Crippen LogP contribution in [0, 0.1) is 11.9 Å². The number of halogens is 2. The third-order valence-electron chi connectivity index (χ3n) is 8.25. The highest BCUT2D eigenvalue weighted by molar-refractivity contribution is 5.86. The largest absolute Gasteiger partial charge is 0.252 e. The molecule has 0 amide bonds. The summed E-state index contributed by atoms with van der Waals surface area (Å²) in [6.07, 6.45) is 2.10. The summed E-state index contributed by atoms with van der Waals surface area (Å²) in [5, 5.41) is 6.30. The maximum atomic E-state index is 14.5.